The Bertz CT molecular complexity index is 744. The van der Waals surface area contributed by atoms with E-state index in [4.69, 9.17) is 0 Å². The van der Waals surface area contributed by atoms with E-state index in [0.29, 0.717) is 0 Å². The lowest BCUT2D eigenvalue weighted by molar-refractivity contribution is -0.384. The van der Waals surface area contributed by atoms with Gasteiger partial charge < -0.3 is 10.1 Å². The van der Waals surface area contributed by atoms with Gasteiger partial charge >= 0.3 is 11.7 Å². The summed E-state index contributed by atoms with van der Waals surface area (Å²) in [6.07, 6.45) is 2.21. The summed E-state index contributed by atoms with van der Waals surface area (Å²) in [6.45, 7) is 3.97. The van der Waals surface area contributed by atoms with Gasteiger partial charge in [0.05, 0.1) is 23.6 Å². The molecule has 24 heavy (non-hydrogen) atoms. The molecule has 1 heterocycles. The Hall–Kier alpha value is -2.96. The maximum Gasteiger partial charge on any atom is 0.339 e. The number of methoxy groups -OCH3 is 1. The Balaban J connectivity index is 2.27. The molecule has 0 radical (unpaired) electrons. The molecule has 1 atom stereocenters. The van der Waals surface area contributed by atoms with E-state index in [1.54, 1.807) is 0 Å². The van der Waals surface area contributed by atoms with Gasteiger partial charge in [-0.15, -0.1) is 0 Å². The van der Waals surface area contributed by atoms with Crippen molar-refractivity contribution in [3.05, 3.63) is 63.3 Å². The van der Waals surface area contributed by atoms with Crippen molar-refractivity contribution in [1.82, 2.24) is 4.98 Å². The minimum absolute atomic E-state index is 0.0368. The van der Waals surface area contributed by atoms with Crippen LogP contribution >= 0.6 is 0 Å². The van der Waals surface area contributed by atoms with E-state index in [0.717, 1.165) is 18.1 Å². The van der Waals surface area contributed by atoms with Gasteiger partial charge in [0.2, 0.25) is 5.82 Å². The SMILES string of the molecule is CCc1ccc(C(C)Nc2ncc(C(=O)OC)cc2[N+](=O)[O-])cc1. The zero-order valence-corrected chi connectivity index (χ0v) is 13.8. The fraction of sp³-hybridized carbons (Fsp3) is 0.294. The van der Waals surface area contributed by atoms with E-state index in [9.17, 15) is 14.9 Å². The lowest BCUT2D eigenvalue weighted by Gasteiger charge is -2.15. The van der Waals surface area contributed by atoms with E-state index in [1.165, 1.54) is 18.9 Å². The number of pyridine rings is 1. The molecule has 0 fully saturated rings. The average Bonchev–Trinajstić information content (AvgIpc) is 2.61. The second kappa shape index (κ2) is 7.54. The van der Waals surface area contributed by atoms with E-state index in [1.807, 2.05) is 31.2 Å². The first-order chi connectivity index (χ1) is 11.5. The number of aromatic nitrogens is 1. The van der Waals surface area contributed by atoms with Crippen LogP contribution in [0.2, 0.25) is 0 Å². The molecule has 126 valence electrons. The van der Waals surface area contributed by atoms with Gasteiger partial charge in [0, 0.05) is 12.3 Å². The molecule has 0 amide bonds. The highest BCUT2D eigenvalue weighted by atomic mass is 16.6. The zero-order chi connectivity index (χ0) is 17.7. The van der Waals surface area contributed by atoms with Gasteiger partial charge in [0.25, 0.3) is 0 Å². The molecule has 0 saturated carbocycles. The molecule has 1 unspecified atom stereocenters. The van der Waals surface area contributed by atoms with Crippen molar-refractivity contribution in [3.8, 4) is 0 Å². The molecular formula is C17H19N3O4. The number of esters is 1. The number of nitrogens with one attached hydrogen (secondary N) is 1. The van der Waals surface area contributed by atoms with Crippen molar-refractivity contribution in [2.24, 2.45) is 0 Å². The monoisotopic (exact) mass is 329 g/mol. The second-order valence-corrected chi connectivity index (χ2v) is 5.30. The number of hydrogen-bond acceptors (Lipinski definition) is 6. The summed E-state index contributed by atoms with van der Waals surface area (Å²) in [5.41, 5.74) is 1.97. The highest BCUT2D eigenvalue weighted by Crippen LogP contribution is 2.27. The summed E-state index contributed by atoms with van der Waals surface area (Å²) in [7, 11) is 1.21. The Morgan fingerprint density at radius 2 is 2.04 bits per heavy atom. The Morgan fingerprint density at radius 3 is 2.58 bits per heavy atom. The number of rotatable bonds is 6. The summed E-state index contributed by atoms with van der Waals surface area (Å²) in [5, 5.41) is 14.3. The van der Waals surface area contributed by atoms with Crippen LogP contribution in [0.4, 0.5) is 11.5 Å². The summed E-state index contributed by atoms with van der Waals surface area (Å²) < 4.78 is 4.56. The highest BCUT2D eigenvalue weighted by Gasteiger charge is 2.21. The number of anilines is 1. The maximum atomic E-state index is 11.5. The first-order valence-electron chi connectivity index (χ1n) is 7.54. The van der Waals surface area contributed by atoms with Crippen LogP contribution in [0.3, 0.4) is 0 Å². The van der Waals surface area contributed by atoms with Crippen LogP contribution in [0.15, 0.2) is 36.5 Å². The maximum absolute atomic E-state index is 11.5. The molecule has 2 rings (SSSR count). The van der Waals surface area contributed by atoms with Crippen molar-refractivity contribution < 1.29 is 14.5 Å². The Kier molecular flexibility index (Phi) is 5.47. The van der Waals surface area contributed by atoms with E-state index < -0.39 is 10.9 Å². The fourth-order valence-corrected chi connectivity index (χ4v) is 2.26. The zero-order valence-electron chi connectivity index (χ0n) is 13.8. The van der Waals surface area contributed by atoms with Crippen molar-refractivity contribution >= 4 is 17.5 Å². The van der Waals surface area contributed by atoms with Crippen LogP contribution in [-0.2, 0) is 11.2 Å². The van der Waals surface area contributed by atoms with Gasteiger partial charge in [0.15, 0.2) is 0 Å². The smallest absolute Gasteiger partial charge is 0.339 e. The van der Waals surface area contributed by atoms with Crippen LogP contribution < -0.4 is 5.32 Å². The van der Waals surface area contributed by atoms with Gasteiger partial charge in [-0.1, -0.05) is 31.2 Å². The van der Waals surface area contributed by atoms with Crippen molar-refractivity contribution in [1.29, 1.82) is 0 Å². The number of hydrogen-bond donors (Lipinski definition) is 1. The summed E-state index contributed by atoms with van der Waals surface area (Å²) in [5.74, 6) is -0.555. The van der Waals surface area contributed by atoms with E-state index in [-0.39, 0.29) is 23.1 Å². The topological polar surface area (TPSA) is 94.4 Å². The molecule has 0 spiro atoms. The number of carbonyl (C=O) groups excluding carboxylic acids is 1. The number of nitro groups is 1. The van der Waals surface area contributed by atoms with Crippen molar-refractivity contribution in [2.45, 2.75) is 26.3 Å². The van der Waals surface area contributed by atoms with Gasteiger partial charge in [-0.3, -0.25) is 10.1 Å². The molecule has 0 aliphatic heterocycles. The van der Waals surface area contributed by atoms with Crippen LogP contribution in [0.5, 0.6) is 0 Å². The molecule has 0 bridgehead atoms. The van der Waals surface area contributed by atoms with Crippen LogP contribution in [0.1, 0.15) is 41.4 Å². The third kappa shape index (κ3) is 3.87. The van der Waals surface area contributed by atoms with Crippen LogP contribution in [0, 0.1) is 10.1 Å². The summed E-state index contributed by atoms with van der Waals surface area (Å²) in [4.78, 5) is 26.2. The first-order valence-corrected chi connectivity index (χ1v) is 7.54. The van der Waals surface area contributed by atoms with Crippen molar-refractivity contribution in [2.75, 3.05) is 12.4 Å². The number of benzene rings is 1. The third-order valence-corrected chi connectivity index (χ3v) is 3.73. The molecule has 0 aliphatic rings. The molecule has 1 aromatic carbocycles. The standard InChI is InChI=1S/C17H19N3O4/c1-4-12-5-7-13(8-6-12)11(2)19-16-15(20(22)23)9-14(10-18-16)17(21)24-3/h5-11H,4H2,1-3H3,(H,18,19). The lowest BCUT2D eigenvalue weighted by atomic mass is 10.0. The van der Waals surface area contributed by atoms with Crippen molar-refractivity contribution in [3.63, 3.8) is 0 Å². The summed E-state index contributed by atoms with van der Waals surface area (Å²) >= 11 is 0. The van der Waals surface area contributed by atoms with E-state index >= 15 is 0 Å². The second-order valence-electron chi connectivity index (χ2n) is 5.30. The first kappa shape index (κ1) is 17.4. The van der Waals surface area contributed by atoms with Crippen LogP contribution in [0.25, 0.3) is 0 Å². The molecule has 1 aromatic heterocycles. The van der Waals surface area contributed by atoms with Gasteiger partial charge in [0.1, 0.15) is 0 Å². The fourth-order valence-electron chi connectivity index (χ4n) is 2.26. The molecule has 0 saturated heterocycles. The predicted octanol–water partition coefficient (Wildman–Crippen LogP) is 3.51. The molecule has 7 heteroatoms. The average molecular weight is 329 g/mol. The van der Waals surface area contributed by atoms with Crippen LogP contribution in [-0.4, -0.2) is 23.0 Å². The largest absolute Gasteiger partial charge is 0.465 e. The van der Waals surface area contributed by atoms with Gasteiger partial charge in [-0.05, 0) is 24.5 Å². The quantitative estimate of drug-likeness (QED) is 0.495. The van der Waals surface area contributed by atoms with Gasteiger partial charge in [-0.25, -0.2) is 9.78 Å². The predicted molar refractivity (Wildman–Crippen MR) is 90.1 cm³/mol. The van der Waals surface area contributed by atoms with Gasteiger partial charge in [-0.2, -0.15) is 0 Å². The number of aryl methyl sites for hydroxylation is 1. The lowest BCUT2D eigenvalue weighted by Crippen LogP contribution is -2.11. The number of nitrogens with zero attached hydrogens (tertiary/aromatic N) is 2. The molecule has 7 nitrogen and oxygen atoms in total. The minimum Gasteiger partial charge on any atom is -0.465 e. The molecule has 0 aliphatic carbocycles. The highest BCUT2D eigenvalue weighted by molar-refractivity contribution is 5.90. The summed E-state index contributed by atoms with van der Waals surface area (Å²) in [6, 6.07) is 8.99. The Labute approximate surface area is 139 Å². The molecule has 1 N–H and O–H groups in total. The third-order valence-electron chi connectivity index (χ3n) is 3.73. The minimum atomic E-state index is -0.666. The number of ether oxygens (including phenoxy) is 1. The molecule has 2 aromatic rings. The Morgan fingerprint density at radius 1 is 1.38 bits per heavy atom. The number of carbonyl (C=O) groups is 1. The van der Waals surface area contributed by atoms with E-state index in [2.05, 4.69) is 22.0 Å². The molecular weight excluding hydrogens is 310 g/mol. The normalized spacial score (nSPS) is 11.6.